The molecule has 2 aromatic rings. The fourth-order valence-corrected chi connectivity index (χ4v) is 2.06. The van der Waals surface area contributed by atoms with Crippen molar-refractivity contribution in [3.63, 3.8) is 0 Å². The van der Waals surface area contributed by atoms with Gasteiger partial charge in [0.15, 0.2) is 0 Å². The van der Waals surface area contributed by atoms with Crippen molar-refractivity contribution in [1.29, 1.82) is 0 Å². The van der Waals surface area contributed by atoms with Crippen LogP contribution in [0.4, 0.5) is 0 Å². The number of rotatable bonds is 2. The smallest absolute Gasteiger partial charge is 0.285 e. The van der Waals surface area contributed by atoms with Crippen LogP contribution in [-0.2, 0) is 5.41 Å². The van der Waals surface area contributed by atoms with Gasteiger partial charge in [-0.25, -0.2) is 0 Å². The van der Waals surface area contributed by atoms with E-state index in [4.69, 9.17) is 16.3 Å². The number of nitrogens with one attached hydrogen (secondary N) is 1. The number of aromatic nitrogens is 2. The summed E-state index contributed by atoms with van der Waals surface area (Å²) >= 11 is 5.68. The third-order valence-electron chi connectivity index (χ3n) is 2.95. The lowest BCUT2D eigenvalue weighted by atomic mass is 9.85. The second-order valence-corrected chi connectivity index (χ2v) is 6.10. The average Bonchev–Trinajstić information content (AvgIpc) is 2.33. The van der Waals surface area contributed by atoms with Crippen molar-refractivity contribution < 1.29 is 4.74 Å². The zero-order valence-electron chi connectivity index (χ0n) is 12.0. The maximum Gasteiger partial charge on any atom is 0.285 e. The summed E-state index contributed by atoms with van der Waals surface area (Å²) < 4.78 is 5.74. The average molecular weight is 293 g/mol. The van der Waals surface area contributed by atoms with Gasteiger partial charge in [0.25, 0.3) is 5.88 Å². The molecule has 0 aliphatic heterocycles. The zero-order chi connectivity index (χ0) is 14.9. The summed E-state index contributed by atoms with van der Waals surface area (Å²) in [5.74, 6) is 0.662. The number of aromatic amines is 1. The number of hydrogen-bond donors (Lipinski definition) is 1. The number of halogens is 1. The summed E-state index contributed by atoms with van der Waals surface area (Å²) in [5.41, 5.74) is 1.53. The van der Waals surface area contributed by atoms with E-state index < -0.39 is 0 Å². The first kappa shape index (κ1) is 14.6. The largest absolute Gasteiger partial charge is 0.434 e. The molecule has 2 rings (SSSR count). The molecule has 1 aromatic heterocycles. The van der Waals surface area contributed by atoms with E-state index in [-0.39, 0.29) is 21.9 Å². The van der Waals surface area contributed by atoms with Crippen LogP contribution in [-0.4, -0.2) is 10.2 Å². The van der Waals surface area contributed by atoms with E-state index in [9.17, 15) is 4.79 Å². The fraction of sp³-hybridized carbons (Fsp3) is 0.333. The molecule has 1 heterocycles. The first-order valence-corrected chi connectivity index (χ1v) is 6.70. The minimum Gasteiger partial charge on any atom is -0.434 e. The molecular formula is C15H17ClN2O2. The Morgan fingerprint density at radius 1 is 1.30 bits per heavy atom. The molecule has 4 nitrogen and oxygen atoms in total. The highest BCUT2D eigenvalue weighted by atomic mass is 35.5. The van der Waals surface area contributed by atoms with Crippen LogP contribution in [0.15, 0.2) is 29.1 Å². The van der Waals surface area contributed by atoms with Crippen molar-refractivity contribution in [2.24, 2.45) is 0 Å². The number of benzene rings is 1. The summed E-state index contributed by atoms with van der Waals surface area (Å²) in [5, 5.41) is 6.56. The Kier molecular flexibility index (Phi) is 3.86. The minimum absolute atomic E-state index is 0.00537. The van der Waals surface area contributed by atoms with Gasteiger partial charge in [0.05, 0.1) is 0 Å². The SMILES string of the molecule is Cc1cccc(C(C)(C)C)c1Oc1n[nH]c(Cl)cc1=O. The third kappa shape index (κ3) is 3.02. The molecule has 0 atom stereocenters. The van der Waals surface area contributed by atoms with Gasteiger partial charge in [0.1, 0.15) is 10.9 Å². The molecule has 0 aliphatic rings. The minimum atomic E-state index is -0.350. The molecule has 0 radical (unpaired) electrons. The van der Waals surface area contributed by atoms with E-state index in [0.717, 1.165) is 11.1 Å². The van der Waals surface area contributed by atoms with Gasteiger partial charge in [-0.3, -0.25) is 9.89 Å². The molecule has 0 amide bonds. The molecule has 0 saturated carbocycles. The van der Waals surface area contributed by atoms with Crippen molar-refractivity contribution in [3.05, 3.63) is 50.8 Å². The lowest BCUT2D eigenvalue weighted by Crippen LogP contribution is -2.15. The Hall–Kier alpha value is -1.81. The lowest BCUT2D eigenvalue weighted by Gasteiger charge is -2.23. The fourth-order valence-electron chi connectivity index (χ4n) is 1.92. The van der Waals surface area contributed by atoms with Gasteiger partial charge in [0.2, 0.25) is 5.43 Å². The molecule has 0 fully saturated rings. The molecule has 0 spiro atoms. The van der Waals surface area contributed by atoms with E-state index in [2.05, 4.69) is 31.0 Å². The van der Waals surface area contributed by atoms with Crippen molar-refractivity contribution >= 4 is 11.6 Å². The molecular weight excluding hydrogens is 276 g/mol. The van der Waals surface area contributed by atoms with Gasteiger partial charge >= 0.3 is 0 Å². The van der Waals surface area contributed by atoms with Crippen LogP contribution in [0.1, 0.15) is 31.9 Å². The van der Waals surface area contributed by atoms with Gasteiger partial charge in [-0.2, -0.15) is 0 Å². The Balaban J connectivity index is 2.51. The first-order valence-electron chi connectivity index (χ1n) is 6.32. The number of hydrogen-bond acceptors (Lipinski definition) is 3. The third-order valence-corrected chi connectivity index (χ3v) is 3.15. The van der Waals surface area contributed by atoms with Crippen LogP contribution in [0.5, 0.6) is 11.6 Å². The Labute approximate surface area is 122 Å². The van der Waals surface area contributed by atoms with Crippen molar-refractivity contribution in [3.8, 4) is 11.6 Å². The molecule has 106 valence electrons. The highest BCUT2D eigenvalue weighted by Gasteiger charge is 2.21. The number of para-hydroxylation sites is 1. The molecule has 1 N–H and O–H groups in total. The Morgan fingerprint density at radius 2 is 2.00 bits per heavy atom. The maximum absolute atomic E-state index is 11.8. The van der Waals surface area contributed by atoms with Gasteiger partial charge in [-0.15, -0.1) is 5.10 Å². The van der Waals surface area contributed by atoms with E-state index in [1.165, 1.54) is 6.07 Å². The topological polar surface area (TPSA) is 55.0 Å². The van der Waals surface area contributed by atoms with Crippen LogP contribution in [0.2, 0.25) is 5.15 Å². The second kappa shape index (κ2) is 5.29. The van der Waals surface area contributed by atoms with Crippen LogP contribution in [0.25, 0.3) is 0 Å². The summed E-state index contributed by atoms with van der Waals surface area (Å²) in [4.78, 5) is 11.8. The Bertz CT molecular complexity index is 687. The normalized spacial score (nSPS) is 11.4. The second-order valence-electron chi connectivity index (χ2n) is 5.69. The van der Waals surface area contributed by atoms with E-state index in [1.807, 2.05) is 25.1 Å². The molecule has 1 aromatic carbocycles. The van der Waals surface area contributed by atoms with E-state index >= 15 is 0 Å². The molecule has 0 bridgehead atoms. The Morgan fingerprint density at radius 3 is 2.60 bits per heavy atom. The molecule has 0 unspecified atom stereocenters. The summed E-state index contributed by atoms with van der Waals surface area (Å²) in [6.07, 6.45) is 0. The van der Waals surface area contributed by atoms with Gasteiger partial charge in [0, 0.05) is 11.6 Å². The van der Waals surface area contributed by atoms with Crippen molar-refractivity contribution in [2.75, 3.05) is 0 Å². The van der Waals surface area contributed by atoms with Crippen LogP contribution >= 0.6 is 11.6 Å². The number of ether oxygens (including phenoxy) is 1. The quantitative estimate of drug-likeness (QED) is 0.915. The van der Waals surface area contributed by atoms with E-state index in [0.29, 0.717) is 5.75 Å². The van der Waals surface area contributed by atoms with Gasteiger partial charge < -0.3 is 4.74 Å². The number of aryl methyl sites for hydroxylation is 1. The van der Waals surface area contributed by atoms with Gasteiger partial charge in [-0.1, -0.05) is 50.6 Å². The molecule has 20 heavy (non-hydrogen) atoms. The summed E-state index contributed by atoms with van der Waals surface area (Å²) in [6.45, 7) is 8.21. The van der Waals surface area contributed by atoms with Crippen LogP contribution in [0.3, 0.4) is 0 Å². The van der Waals surface area contributed by atoms with E-state index in [1.54, 1.807) is 0 Å². The highest BCUT2D eigenvalue weighted by molar-refractivity contribution is 6.29. The molecule has 5 heteroatoms. The highest BCUT2D eigenvalue weighted by Crippen LogP contribution is 2.35. The summed E-state index contributed by atoms with van der Waals surface area (Å²) in [7, 11) is 0. The van der Waals surface area contributed by atoms with Gasteiger partial charge in [-0.05, 0) is 17.9 Å². The van der Waals surface area contributed by atoms with Crippen LogP contribution < -0.4 is 10.2 Å². The van der Waals surface area contributed by atoms with Crippen molar-refractivity contribution in [1.82, 2.24) is 10.2 Å². The summed E-state index contributed by atoms with van der Waals surface area (Å²) in [6, 6.07) is 7.16. The monoisotopic (exact) mass is 292 g/mol. The lowest BCUT2D eigenvalue weighted by molar-refractivity contribution is 0.426. The standard InChI is InChI=1S/C15H17ClN2O2/c1-9-6-5-7-10(15(2,3)4)13(9)20-14-11(19)8-12(16)17-18-14/h5-8H,1-4H3,(H,17,19). The number of nitrogens with zero attached hydrogens (tertiary/aromatic N) is 1. The molecule has 0 aliphatic carbocycles. The van der Waals surface area contributed by atoms with Crippen LogP contribution in [0, 0.1) is 6.92 Å². The zero-order valence-corrected chi connectivity index (χ0v) is 12.7. The first-order chi connectivity index (χ1) is 9.29. The predicted molar refractivity (Wildman–Crippen MR) is 79.8 cm³/mol. The number of H-pyrrole nitrogens is 1. The predicted octanol–water partition coefficient (Wildman–Crippen LogP) is 3.82. The molecule has 0 saturated heterocycles. The van der Waals surface area contributed by atoms with Crippen molar-refractivity contribution in [2.45, 2.75) is 33.1 Å². The maximum atomic E-state index is 11.8.